The van der Waals surface area contributed by atoms with Crippen LogP contribution in [0.25, 0.3) is 0 Å². The van der Waals surface area contributed by atoms with Crippen LogP contribution in [-0.2, 0) is 4.79 Å². The number of hydrogen-bond acceptors (Lipinski definition) is 3. The van der Waals surface area contributed by atoms with Crippen molar-refractivity contribution in [2.75, 3.05) is 0 Å². The van der Waals surface area contributed by atoms with Crippen molar-refractivity contribution < 1.29 is 4.79 Å². The predicted molar refractivity (Wildman–Crippen MR) is 52.7 cm³/mol. The molecule has 0 fully saturated rings. The first kappa shape index (κ1) is 9.94. The smallest absolute Gasteiger partial charge is 0.131 e. The van der Waals surface area contributed by atoms with Gasteiger partial charge in [-0.15, -0.1) is 11.3 Å². The van der Waals surface area contributed by atoms with E-state index in [1.807, 2.05) is 18.4 Å². The molecule has 0 N–H and O–H groups in total. The number of nitrogens with zero attached hydrogens (tertiary/aromatic N) is 1. The molecule has 0 saturated heterocycles. The molecule has 0 bridgehead atoms. The minimum Gasteiger partial charge on any atom is -0.300 e. The molecule has 1 atom stereocenters. The summed E-state index contributed by atoms with van der Waals surface area (Å²) in [5, 5.41) is 10.8. The number of thiophene rings is 1. The first-order chi connectivity index (χ1) is 6.13. The van der Waals surface area contributed by atoms with Crippen LogP contribution in [0.5, 0.6) is 0 Å². The summed E-state index contributed by atoms with van der Waals surface area (Å²) in [5.41, 5.74) is 0.972. The van der Waals surface area contributed by atoms with Gasteiger partial charge in [0.2, 0.25) is 0 Å². The van der Waals surface area contributed by atoms with Gasteiger partial charge in [0, 0.05) is 11.3 Å². The number of ketones is 1. The molecule has 0 aliphatic rings. The topological polar surface area (TPSA) is 40.9 Å². The molecule has 0 aliphatic carbocycles. The third-order valence-corrected chi connectivity index (χ3v) is 2.68. The van der Waals surface area contributed by atoms with Crippen LogP contribution in [0.15, 0.2) is 11.4 Å². The third kappa shape index (κ3) is 2.67. The monoisotopic (exact) mass is 193 g/mol. The molecule has 0 aliphatic heterocycles. The summed E-state index contributed by atoms with van der Waals surface area (Å²) in [4.78, 5) is 12.0. The largest absolute Gasteiger partial charge is 0.300 e. The number of rotatable bonds is 3. The van der Waals surface area contributed by atoms with Gasteiger partial charge in [0.15, 0.2) is 0 Å². The Bertz CT molecular complexity index is 348. The van der Waals surface area contributed by atoms with Crippen LogP contribution in [0.2, 0.25) is 0 Å². The Morgan fingerprint density at radius 1 is 1.77 bits per heavy atom. The Morgan fingerprint density at radius 2 is 2.46 bits per heavy atom. The maximum Gasteiger partial charge on any atom is 0.131 e. The van der Waals surface area contributed by atoms with E-state index in [1.165, 1.54) is 11.8 Å². The SMILES string of the molecule is CC(=O)CC(C#N)c1csc(C)c1. The van der Waals surface area contributed by atoms with Crippen molar-refractivity contribution in [2.24, 2.45) is 0 Å². The lowest BCUT2D eigenvalue weighted by molar-refractivity contribution is -0.117. The van der Waals surface area contributed by atoms with Crippen LogP contribution in [-0.4, -0.2) is 5.78 Å². The van der Waals surface area contributed by atoms with E-state index < -0.39 is 0 Å². The molecule has 1 heterocycles. The summed E-state index contributed by atoms with van der Waals surface area (Å²) in [6.07, 6.45) is 0.326. The second-order valence-electron chi connectivity index (χ2n) is 3.08. The lowest BCUT2D eigenvalue weighted by Crippen LogP contribution is -2.00. The van der Waals surface area contributed by atoms with Crippen molar-refractivity contribution in [1.82, 2.24) is 0 Å². The van der Waals surface area contributed by atoms with Crippen LogP contribution >= 0.6 is 11.3 Å². The van der Waals surface area contributed by atoms with Gasteiger partial charge in [-0.3, -0.25) is 4.79 Å². The van der Waals surface area contributed by atoms with Gasteiger partial charge in [0.05, 0.1) is 12.0 Å². The number of Topliss-reactive ketones (excluding diaryl/α,β-unsaturated/α-hetero) is 1. The summed E-state index contributed by atoms with van der Waals surface area (Å²) < 4.78 is 0. The maximum absolute atomic E-state index is 10.8. The molecule has 68 valence electrons. The van der Waals surface area contributed by atoms with Crippen molar-refractivity contribution in [3.8, 4) is 6.07 Å². The minimum atomic E-state index is -0.262. The third-order valence-electron chi connectivity index (χ3n) is 1.80. The van der Waals surface area contributed by atoms with Gasteiger partial charge in [-0.05, 0) is 30.9 Å². The standard InChI is InChI=1S/C10H11NOS/c1-7(12)3-9(5-11)10-4-8(2)13-6-10/h4,6,9H,3H2,1-2H3. The van der Waals surface area contributed by atoms with E-state index in [0.29, 0.717) is 6.42 Å². The molecule has 0 spiro atoms. The number of carbonyl (C=O) groups is 1. The molecule has 0 aromatic carbocycles. The number of aryl methyl sites for hydroxylation is 1. The van der Waals surface area contributed by atoms with Crippen LogP contribution in [0, 0.1) is 18.3 Å². The molecule has 3 heteroatoms. The molecule has 0 radical (unpaired) electrons. The zero-order valence-corrected chi connectivity index (χ0v) is 8.52. The first-order valence-corrected chi connectivity index (χ1v) is 4.95. The Kier molecular flexibility index (Phi) is 3.21. The highest BCUT2D eigenvalue weighted by atomic mass is 32.1. The molecule has 13 heavy (non-hydrogen) atoms. The van der Waals surface area contributed by atoms with Crippen LogP contribution in [0.1, 0.15) is 29.7 Å². The second-order valence-corrected chi connectivity index (χ2v) is 4.19. The Hall–Kier alpha value is -1.14. The summed E-state index contributed by atoms with van der Waals surface area (Å²) in [7, 11) is 0. The summed E-state index contributed by atoms with van der Waals surface area (Å²) in [6, 6.07) is 4.12. The van der Waals surface area contributed by atoms with Crippen LogP contribution in [0.4, 0.5) is 0 Å². The summed E-state index contributed by atoms with van der Waals surface area (Å²) in [5.74, 6) is -0.196. The fourth-order valence-corrected chi connectivity index (χ4v) is 1.93. The Balaban J connectivity index is 2.80. The van der Waals surface area contributed by atoms with Gasteiger partial charge in [0.25, 0.3) is 0 Å². The van der Waals surface area contributed by atoms with E-state index in [2.05, 4.69) is 6.07 Å². The average Bonchev–Trinajstić information content (AvgIpc) is 2.47. The molecule has 0 saturated carbocycles. The molecule has 2 nitrogen and oxygen atoms in total. The van der Waals surface area contributed by atoms with E-state index >= 15 is 0 Å². The fraction of sp³-hybridized carbons (Fsp3) is 0.400. The first-order valence-electron chi connectivity index (χ1n) is 4.07. The van der Waals surface area contributed by atoms with E-state index in [1.54, 1.807) is 11.3 Å². The maximum atomic E-state index is 10.8. The van der Waals surface area contributed by atoms with Gasteiger partial charge in [-0.1, -0.05) is 0 Å². The van der Waals surface area contributed by atoms with Gasteiger partial charge < -0.3 is 0 Å². The van der Waals surface area contributed by atoms with Crippen molar-refractivity contribution in [3.05, 3.63) is 21.9 Å². The molecule has 1 unspecified atom stereocenters. The van der Waals surface area contributed by atoms with E-state index in [-0.39, 0.29) is 11.7 Å². The lowest BCUT2D eigenvalue weighted by Gasteiger charge is -2.02. The molecule has 1 aromatic rings. The summed E-state index contributed by atoms with van der Waals surface area (Å²) >= 11 is 1.61. The van der Waals surface area contributed by atoms with Gasteiger partial charge in [-0.2, -0.15) is 5.26 Å². The highest BCUT2D eigenvalue weighted by Gasteiger charge is 2.13. The van der Waals surface area contributed by atoms with E-state index in [4.69, 9.17) is 5.26 Å². The van der Waals surface area contributed by atoms with E-state index in [0.717, 1.165) is 5.56 Å². The fourth-order valence-electron chi connectivity index (χ4n) is 1.17. The molecular formula is C10H11NOS. The van der Waals surface area contributed by atoms with Gasteiger partial charge in [-0.25, -0.2) is 0 Å². The Labute approximate surface area is 81.8 Å². The predicted octanol–water partition coefficient (Wildman–Crippen LogP) is 2.64. The number of hydrogen-bond donors (Lipinski definition) is 0. The van der Waals surface area contributed by atoms with Crippen molar-refractivity contribution >= 4 is 17.1 Å². The summed E-state index contributed by atoms with van der Waals surface area (Å²) in [6.45, 7) is 3.51. The Morgan fingerprint density at radius 3 is 2.85 bits per heavy atom. The van der Waals surface area contributed by atoms with Crippen molar-refractivity contribution in [2.45, 2.75) is 26.2 Å². The molecular weight excluding hydrogens is 182 g/mol. The molecule has 0 amide bonds. The van der Waals surface area contributed by atoms with Gasteiger partial charge in [0.1, 0.15) is 5.78 Å². The zero-order valence-electron chi connectivity index (χ0n) is 7.70. The van der Waals surface area contributed by atoms with Gasteiger partial charge >= 0.3 is 0 Å². The highest BCUT2D eigenvalue weighted by Crippen LogP contribution is 2.24. The van der Waals surface area contributed by atoms with E-state index in [9.17, 15) is 4.79 Å². The zero-order chi connectivity index (χ0) is 9.84. The second kappa shape index (κ2) is 4.20. The highest BCUT2D eigenvalue weighted by molar-refractivity contribution is 7.10. The number of carbonyl (C=O) groups excluding carboxylic acids is 1. The van der Waals surface area contributed by atoms with Crippen LogP contribution < -0.4 is 0 Å². The van der Waals surface area contributed by atoms with Crippen molar-refractivity contribution in [1.29, 1.82) is 5.26 Å². The normalized spacial score (nSPS) is 12.1. The van der Waals surface area contributed by atoms with Crippen molar-refractivity contribution in [3.63, 3.8) is 0 Å². The quantitative estimate of drug-likeness (QED) is 0.740. The van der Waals surface area contributed by atoms with Crippen LogP contribution in [0.3, 0.4) is 0 Å². The average molecular weight is 193 g/mol. The lowest BCUT2D eigenvalue weighted by atomic mass is 9.98. The number of nitriles is 1. The molecule has 1 rings (SSSR count). The molecule has 1 aromatic heterocycles. The minimum absolute atomic E-state index is 0.0652.